The zero-order valence-electron chi connectivity index (χ0n) is 25.5. The lowest BCUT2D eigenvalue weighted by Crippen LogP contribution is -2.39. The third kappa shape index (κ3) is 5.39. The number of carbonyl (C=O) groups is 1. The van der Waals surface area contributed by atoms with Gasteiger partial charge in [0.25, 0.3) is 0 Å². The topological polar surface area (TPSA) is 50.2 Å². The molecule has 230 valence electrons. The molecule has 7 heteroatoms. The number of rotatable bonds is 7. The lowest BCUT2D eigenvalue weighted by Gasteiger charge is -2.37. The Bertz CT molecular complexity index is 1870. The molecule has 0 bridgehead atoms. The first-order chi connectivity index (χ1) is 22.5. The number of benzene rings is 5. The SMILES string of the molecule is CN1CCC(C(=O)Nc2nn(C(c3ccccc3)(c3ccccc3)c3ccccc3)c3ccc(-c4c(Cl)cccc4Cl)cc23)CC1. The zero-order chi connectivity index (χ0) is 31.7. The van der Waals surface area contributed by atoms with E-state index in [4.69, 9.17) is 28.3 Å². The number of nitrogens with one attached hydrogen (secondary N) is 1. The Hall–Kier alpha value is -4.42. The summed E-state index contributed by atoms with van der Waals surface area (Å²) < 4.78 is 2.07. The maximum absolute atomic E-state index is 13.8. The summed E-state index contributed by atoms with van der Waals surface area (Å²) in [6.45, 7) is 1.78. The molecule has 46 heavy (non-hydrogen) atoms. The summed E-state index contributed by atoms with van der Waals surface area (Å²) in [7, 11) is 2.10. The molecule has 0 spiro atoms. The smallest absolute Gasteiger partial charge is 0.228 e. The maximum Gasteiger partial charge on any atom is 0.228 e. The number of likely N-dealkylation sites (tertiary alicyclic amines) is 1. The monoisotopic (exact) mass is 644 g/mol. The molecular formula is C39H34Cl2N4O. The molecule has 0 radical (unpaired) electrons. The minimum absolute atomic E-state index is 0.00874. The van der Waals surface area contributed by atoms with Gasteiger partial charge in [-0.2, -0.15) is 5.10 Å². The molecule has 1 aliphatic heterocycles. The van der Waals surface area contributed by atoms with E-state index in [9.17, 15) is 4.79 Å². The molecule has 6 aromatic rings. The fourth-order valence-corrected chi connectivity index (χ4v) is 7.41. The van der Waals surface area contributed by atoms with E-state index in [1.54, 1.807) is 0 Å². The minimum atomic E-state index is -0.859. The van der Waals surface area contributed by atoms with Gasteiger partial charge in [0.05, 0.1) is 5.52 Å². The van der Waals surface area contributed by atoms with Crippen LogP contribution in [0.15, 0.2) is 127 Å². The molecule has 0 saturated carbocycles. The van der Waals surface area contributed by atoms with Crippen molar-refractivity contribution in [3.8, 4) is 11.1 Å². The largest absolute Gasteiger partial charge is 0.308 e. The van der Waals surface area contributed by atoms with Crippen LogP contribution in [0.2, 0.25) is 10.0 Å². The molecule has 1 N–H and O–H groups in total. The van der Waals surface area contributed by atoms with Gasteiger partial charge >= 0.3 is 0 Å². The van der Waals surface area contributed by atoms with Gasteiger partial charge in [0.1, 0.15) is 5.54 Å². The summed E-state index contributed by atoms with van der Waals surface area (Å²) in [5.74, 6) is 0.418. The molecule has 0 aliphatic carbocycles. The number of carbonyl (C=O) groups excluding carboxylic acids is 1. The fourth-order valence-electron chi connectivity index (χ4n) is 6.79. The summed E-state index contributed by atoms with van der Waals surface area (Å²) in [5.41, 5.74) is 4.73. The summed E-state index contributed by atoms with van der Waals surface area (Å²) in [6.07, 6.45) is 1.62. The van der Waals surface area contributed by atoms with Gasteiger partial charge in [0.2, 0.25) is 5.91 Å². The highest BCUT2D eigenvalue weighted by atomic mass is 35.5. The molecule has 5 aromatic carbocycles. The third-order valence-electron chi connectivity index (χ3n) is 9.15. The van der Waals surface area contributed by atoms with Crippen LogP contribution in [0, 0.1) is 5.92 Å². The summed E-state index contributed by atoms with van der Waals surface area (Å²) in [5, 5.41) is 10.5. The number of hydrogen-bond acceptors (Lipinski definition) is 3. The van der Waals surface area contributed by atoms with E-state index in [-0.39, 0.29) is 11.8 Å². The second-order valence-electron chi connectivity index (χ2n) is 12.0. The number of fused-ring (bicyclic) bond motifs is 1. The van der Waals surface area contributed by atoms with Crippen LogP contribution in [0.1, 0.15) is 29.5 Å². The molecule has 1 amide bonds. The molecule has 7 rings (SSSR count). The van der Waals surface area contributed by atoms with E-state index in [1.165, 1.54) is 0 Å². The van der Waals surface area contributed by atoms with Crippen molar-refractivity contribution in [1.29, 1.82) is 0 Å². The highest BCUT2D eigenvalue weighted by Crippen LogP contribution is 2.45. The number of hydrogen-bond donors (Lipinski definition) is 1. The summed E-state index contributed by atoms with van der Waals surface area (Å²) in [4.78, 5) is 16.1. The normalized spacial score (nSPS) is 14.4. The average molecular weight is 646 g/mol. The van der Waals surface area contributed by atoms with Gasteiger partial charge in [-0.1, -0.05) is 126 Å². The van der Waals surface area contributed by atoms with Gasteiger partial charge in [0, 0.05) is 26.9 Å². The van der Waals surface area contributed by atoms with E-state index in [1.807, 2.05) is 48.5 Å². The number of aromatic nitrogens is 2. The highest BCUT2D eigenvalue weighted by Gasteiger charge is 2.41. The van der Waals surface area contributed by atoms with E-state index in [0.29, 0.717) is 15.9 Å². The Morgan fingerprint density at radius 1 is 0.739 bits per heavy atom. The van der Waals surface area contributed by atoms with Crippen LogP contribution < -0.4 is 5.32 Å². The van der Waals surface area contributed by atoms with Crippen molar-refractivity contribution in [2.24, 2.45) is 5.92 Å². The number of anilines is 1. The van der Waals surface area contributed by atoms with E-state index >= 15 is 0 Å². The Morgan fingerprint density at radius 3 is 1.78 bits per heavy atom. The average Bonchev–Trinajstić information content (AvgIpc) is 3.44. The molecule has 5 nitrogen and oxygen atoms in total. The zero-order valence-corrected chi connectivity index (χ0v) is 27.0. The van der Waals surface area contributed by atoms with E-state index < -0.39 is 5.54 Å². The molecule has 1 saturated heterocycles. The molecular weight excluding hydrogens is 611 g/mol. The molecule has 0 atom stereocenters. The second kappa shape index (κ2) is 12.8. The first-order valence-electron chi connectivity index (χ1n) is 15.6. The highest BCUT2D eigenvalue weighted by molar-refractivity contribution is 6.39. The van der Waals surface area contributed by atoms with Crippen LogP contribution in [0.3, 0.4) is 0 Å². The van der Waals surface area contributed by atoms with Crippen LogP contribution in [-0.2, 0) is 10.3 Å². The third-order valence-corrected chi connectivity index (χ3v) is 9.78. The Balaban J connectivity index is 1.51. The number of amides is 1. The summed E-state index contributed by atoms with van der Waals surface area (Å²) >= 11 is 13.4. The summed E-state index contributed by atoms with van der Waals surface area (Å²) in [6, 6.07) is 42.9. The van der Waals surface area contributed by atoms with E-state index in [0.717, 1.165) is 64.7 Å². The van der Waals surface area contributed by atoms with Crippen molar-refractivity contribution in [2.45, 2.75) is 18.4 Å². The van der Waals surface area contributed by atoms with Crippen LogP contribution in [0.5, 0.6) is 0 Å². The Labute approximate surface area is 279 Å². The van der Waals surface area contributed by atoms with Gasteiger partial charge in [-0.25, -0.2) is 4.68 Å². The van der Waals surface area contributed by atoms with Crippen molar-refractivity contribution in [2.75, 3.05) is 25.5 Å². The fraction of sp³-hybridized carbons (Fsp3) is 0.179. The van der Waals surface area contributed by atoms with Gasteiger partial charge in [-0.05, 0) is 79.5 Å². The lowest BCUT2D eigenvalue weighted by atomic mass is 9.77. The molecule has 1 aromatic heterocycles. The minimum Gasteiger partial charge on any atom is -0.308 e. The predicted molar refractivity (Wildman–Crippen MR) is 189 cm³/mol. The lowest BCUT2D eigenvalue weighted by molar-refractivity contribution is -0.121. The van der Waals surface area contributed by atoms with Crippen molar-refractivity contribution < 1.29 is 4.79 Å². The first kappa shape index (κ1) is 30.2. The van der Waals surface area contributed by atoms with Gasteiger partial charge in [-0.3, -0.25) is 4.79 Å². The van der Waals surface area contributed by atoms with Crippen molar-refractivity contribution in [3.63, 3.8) is 0 Å². The quantitative estimate of drug-likeness (QED) is 0.176. The molecule has 1 fully saturated rings. The molecule has 1 aliphatic rings. The second-order valence-corrected chi connectivity index (χ2v) is 12.8. The van der Waals surface area contributed by atoms with Gasteiger partial charge < -0.3 is 10.2 Å². The molecule has 0 unspecified atom stereocenters. The van der Waals surface area contributed by atoms with Gasteiger partial charge in [0.15, 0.2) is 5.82 Å². The van der Waals surface area contributed by atoms with Crippen molar-refractivity contribution in [1.82, 2.24) is 14.7 Å². The Morgan fingerprint density at radius 2 is 1.26 bits per heavy atom. The first-order valence-corrected chi connectivity index (χ1v) is 16.4. The van der Waals surface area contributed by atoms with Crippen molar-refractivity contribution in [3.05, 3.63) is 154 Å². The van der Waals surface area contributed by atoms with Crippen LogP contribution in [0.25, 0.3) is 22.0 Å². The van der Waals surface area contributed by atoms with Crippen molar-refractivity contribution >= 4 is 45.8 Å². The van der Waals surface area contributed by atoms with Gasteiger partial charge in [-0.15, -0.1) is 0 Å². The Kier molecular flexibility index (Phi) is 8.39. The van der Waals surface area contributed by atoms with E-state index in [2.05, 4.69) is 101 Å². The maximum atomic E-state index is 13.8. The number of piperidine rings is 1. The van der Waals surface area contributed by atoms with Crippen LogP contribution >= 0.6 is 23.2 Å². The van der Waals surface area contributed by atoms with Crippen LogP contribution in [0.4, 0.5) is 5.82 Å². The molecule has 2 heterocycles. The number of nitrogens with zero attached hydrogens (tertiary/aromatic N) is 3. The standard InChI is InChI=1S/C39H34Cl2N4O/c1-44-24-22-27(23-25-44)38(46)42-37-32-26-28(36-33(40)18-11-19-34(36)41)20-21-35(32)45(43-37)39(29-12-5-2-6-13-29,30-14-7-3-8-15-30)31-16-9-4-10-17-31/h2-21,26-27H,22-25H2,1H3,(H,42,43,46). The number of halogens is 2. The predicted octanol–water partition coefficient (Wildman–Crippen LogP) is 9.13. The van der Waals surface area contributed by atoms with Crippen LogP contribution in [-0.4, -0.2) is 40.7 Å².